The van der Waals surface area contributed by atoms with E-state index in [9.17, 15) is 0 Å². The van der Waals surface area contributed by atoms with Gasteiger partial charge in [-0.2, -0.15) is 10.5 Å². The number of hydrogen-bond acceptors (Lipinski definition) is 4. The lowest BCUT2D eigenvalue weighted by Gasteiger charge is -2.25. The molecule has 0 amide bonds. The lowest BCUT2D eigenvalue weighted by molar-refractivity contribution is 0.458. The van der Waals surface area contributed by atoms with E-state index < -0.39 is 0 Å². The minimum absolute atomic E-state index is 0. The molecule has 0 saturated carbocycles. The van der Waals surface area contributed by atoms with E-state index >= 15 is 0 Å². The molecule has 0 aliphatic carbocycles. The van der Waals surface area contributed by atoms with Gasteiger partial charge in [0.2, 0.25) is 0 Å². The summed E-state index contributed by atoms with van der Waals surface area (Å²) in [5.41, 5.74) is 6.59. The summed E-state index contributed by atoms with van der Waals surface area (Å²) >= 11 is 0. The number of nitrogens with zero attached hydrogens (tertiary/aromatic N) is 6. The smallest absolute Gasteiger partial charge is 0.0991 e. The summed E-state index contributed by atoms with van der Waals surface area (Å²) in [6, 6.07) is 20.8. The Bertz CT molecular complexity index is 1240. The standard InChI is InChI=1S/2C14H13N3.2ClH.H2O/c2*15-8-11-4-6-12(7-5-11)14-3-1-2-13-9-16-10-17(13)14;;;/h2*4-7,9-10,14H,1-3H2;2*1H;1H2. The summed E-state index contributed by atoms with van der Waals surface area (Å²) in [6.07, 6.45) is 14.7. The highest BCUT2D eigenvalue weighted by molar-refractivity contribution is 5.85. The second-order valence-corrected chi connectivity index (χ2v) is 8.87. The molecule has 7 nitrogen and oxygen atoms in total. The third-order valence-corrected chi connectivity index (χ3v) is 6.83. The van der Waals surface area contributed by atoms with E-state index in [4.69, 9.17) is 10.5 Å². The zero-order valence-corrected chi connectivity index (χ0v) is 22.0. The molecule has 0 bridgehead atoms. The maximum absolute atomic E-state index is 8.80. The summed E-state index contributed by atoms with van der Waals surface area (Å²) in [5, 5.41) is 17.6. The number of hydrogen-bond donors (Lipinski definition) is 0. The first-order valence-corrected chi connectivity index (χ1v) is 11.8. The Balaban J connectivity index is 0.000000241. The lowest BCUT2D eigenvalue weighted by Crippen LogP contribution is -2.17. The van der Waals surface area contributed by atoms with Gasteiger partial charge in [0, 0.05) is 23.8 Å². The lowest BCUT2D eigenvalue weighted by atomic mass is 9.96. The van der Waals surface area contributed by atoms with Gasteiger partial charge in [0.05, 0.1) is 48.0 Å². The van der Waals surface area contributed by atoms with E-state index in [0.717, 1.165) is 36.8 Å². The highest BCUT2D eigenvalue weighted by atomic mass is 35.5. The molecule has 192 valence electrons. The van der Waals surface area contributed by atoms with E-state index in [1.54, 1.807) is 0 Å². The molecule has 2 aromatic heterocycles. The zero-order chi connectivity index (χ0) is 23.3. The van der Waals surface area contributed by atoms with Crippen LogP contribution in [0.15, 0.2) is 73.6 Å². The molecule has 0 spiro atoms. The van der Waals surface area contributed by atoms with Gasteiger partial charge in [-0.1, -0.05) is 24.3 Å². The van der Waals surface area contributed by atoms with Crippen molar-refractivity contribution >= 4 is 24.8 Å². The number of aryl methyl sites for hydroxylation is 2. The zero-order valence-electron chi connectivity index (χ0n) is 20.3. The van der Waals surface area contributed by atoms with E-state index in [1.807, 2.05) is 49.3 Å². The predicted octanol–water partition coefficient (Wildman–Crippen LogP) is 5.38. The molecule has 0 radical (unpaired) electrons. The molecule has 2 atom stereocenters. The normalized spacial score (nSPS) is 16.9. The molecule has 2 aliphatic rings. The van der Waals surface area contributed by atoms with E-state index in [2.05, 4.69) is 55.5 Å². The summed E-state index contributed by atoms with van der Waals surface area (Å²) in [4.78, 5) is 8.45. The fourth-order valence-corrected chi connectivity index (χ4v) is 5.06. The molecular weight excluding hydrogens is 507 g/mol. The van der Waals surface area contributed by atoms with Gasteiger partial charge in [-0.15, -0.1) is 24.8 Å². The molecule has 4 heterocycles. The number of benzene rings is 2. The first-order valence-electron chi connectivity index (χ1n) is 11.8. The van der Waals surface area contributed by atoms with Crippen LogP contribution in [0.1, 0.15) is 71.4 Å². The average molecular weight is 537 g/mol. The number of halogens is 2. The topological polar surface area (TPSA) is 115 Å². The number of nitriles is 2. The Labute approximate surface area is 229 Å². The summed E-state index contributed by atoms with van der Waals surface area (Å²) in [5.74, 6) is 0. The monoisotopic (exact) mass is 536 g/mol. The van der Waals surface area contributed by atoms with Crippen molar-refractivity contribution in [1.29, 1.82) is 10.5 Å². The fourth-order valence-electron chi connectivity index (χ4n) is 5.06. The van der Waals surface area contributed by atoms with Crippen LogP contribution in [0.3, 0.4) is 0 Å². The maximum atomic E-state index is 8.80. The summed E-state index contributed by atoms with van der Waals surface area (Å²) < 4.78 is 4.51. The number of imidazole rings is 2. The molecule has 0 saturated heterocycles. The number of fused-ring (bicyclic) bond motifs is 2. The van der Waals surface area contributed by atoms with Crippen molar-refractivity contribution < 1.29 is 5.48 Å². The van der Waals surface area contributed by atoms with Crippen molar-refractivity contribution in [1.82, 2.24) is 19.1 Å². The molecule has 6 rings (SSSR count). The van der Waals surface area contributed by atoms with Gasteiger partial charge < -0.3 is 14.6 Å². The van der Waals surface area contributed by atoms with Gasteiger partial charge in [-0.25, -0.2) is 9.97 Å². The van der Waals surface area contributed by atoms with Crippen LogP contribution < -0.4 is 0 Å². The minimum Gasteiger partial charge on any atom is -0.412 e. The molecular formula is C28H30Cl2N6O. The van der Waals surface area contributed by atoms with Crippen molar-refractivity contribution in [2.45, 2.75) is 50.6 Å². The SMILES string of the molecule is Cl.Cl.N#Cc1ccc(C2CCCc3cncn32)cc1.N#Cc1ccc(C2CCCc3cncn32)cc1.O. The molecule has 2 unspecified atom stereocenters. The Hall–Kier alpha value is -3.62. The molecule has 2 aromatic carbocycles. The molecule has 0 fully saturated rings. The van der Waals surface area contributed by atoms with Crippen LogP contribution >= 0.6 is 24.8 Å². The van der Waals surface area contributed by atoms with Crippen molar-refractivity contribution in [3.8, 4) is 12.1 Å². The highest BCUT2D eigenvalue weighted by Gasteiger charge is 2.21. The fraction of sp³-hybridized carbons (Fsp3) is 0.286. The van der Waals surface area contributed by atoms with Gasteiger partial charge in [-0.05, 0) is 73.9 Å². The maximum Gasteiger partial charge on any atom is 0.0991 e. The van der Waals surface area contributed by atoms with Crippen LogP contribution in [0.25, 0.3) is 0 Å². The number of aromatic nitrogens is 4. The van der Waals surface area contributed by atoms with Crippen molar-refractivity contribution in [2.75, 3.05) is 0 Å². The first kappa shape index (κ1) is 29.6. The predicted molar refractivity (Wildman–Crippen MR) is 147 cm³/mol. The molecule has 4 aromatic rings. The van der Waals surface area contributed by atoms with Gasteiger partial charge in [-0.3, -0.25) is 0 Å². The Morgan fingerprint density at radius 1 is 0.649 bits per heavy atom. The third-order valence-electron chi connectivity index (χ3n) is 6.83. The van der Waals surface area contributed by atoms with Crippen molar-refractivity contribution in [2.24, 2.45) is 0 Å². The highest BCUT2D eigenvalue weighted by Crippen LogP contribution is 2.31. The van der Waals surface area contributed by atoms with Crippen molar-refractivity contribution in [3.05, 3.63) is 107 Å². The van der Waals surface area contributed by atoms with Gasteiger partial charge in [0.1, 0.15) is 0 Å². The molecule has 2 N–H and O–H groups in total. The third kappa shape index (κ3) is 6.39. The Kier molecular flexibility index (Phi) is 10.9. The van der Waals surface area contributed by atoms with Crippen LogP contribution in [0.2, 0.25) is 0 Å². The van der Waals surface area contributed by atoms with Crippen LogP contribution in [-0.4, -0.2) is 24.6 Å². The largest absolute Gasteiger partial charge is 0.412 e. The summed E-state index contributed by atoms with van der Waals surface area (Å²) in [7, 11) is 0. The Morgan fingerprint density at radius 3 is 1.38 bits per heavy atom. The summed E-state index contributed by atoms with van der Waals surface area (Å²) in [6.45, 7) is 0. The molecule has 9 heteroatoms. The van der Waals surface area contributed by atoms with Crippen LogP contribution in [0.5, 0.6) is 0 Å². The van der Waals surface area contributed by atoms with E-state index in [1.165, 1.54) is 35.4 Å². The minimum atomic E-state index is 0. The Morgan fingerprint density at radius 2 is 1.03 bits per heavy atom. The van der Waals surface area contributed by atoms with Crippen LogP contribution in [-0.2, 0) is 12.8 Å². The van der Waals surface area contributed by atoms with Gasteiger partial charge in [0.15, 0.2) is 0 Å². The average Bonchev–Trinajstić information content (AvgIpc) is 3.59. The number of rotatable bonds is 2. The molecule has 2 aliphatic heterocycles. The van der Waals surface area contributed by atoms with E-state index in [-0.39, 0.29) is 30.3 Å². The van der Waals surface area contributed by atoms with Gasteiger partial charge >= 0.3 is 0 Å². The van der Waals surface area contributed by atoms with Crippen molar-refractivity contribution in [3.63, 3.8) is 0 Å². The first-order chi connectivity index (χ1) is 16.8. The quantitative estimate of drug-likeness (QED) is 0.341. The van der Waals surface area contributed by atoms with E-state index in [0.29, 0.717) is 12.1 Å². The van der Waals surface area contributed by atoms with Crippen LogP contribution in [0.4, 0.5) is 0 Å². The molecule has 37 heavy (non-hydrogen) atoms. The van der Waals surface area contributed by atoms with Gasteiger partial charge in [0.25, 0.3) is 0 Å². The second kappa shape index (κ2) is 13.6. The second-order valence-electron chi connectivity index (χ2n) is 8.87. The van der Waals surface area contributed by atoms with Crippen LogP contribution in [0, 0.1) is 22.7 Å².